The van der Waals surface area contributed by atoms with E-state index in [1.54, 1.807) is 0 Å². The summed E-state index contributed by atoms with van der Waals surface area (Å²) in [5.41, 5.74) is 3.42. The molecule has 0 atom stereocenters. The van der Waals surface area contributed by atoms with Gasteiger partial charge in [-0.3, -0.25) is 4.98 Å². The Morgan fingerprint density at radius 2 is 1.81 bits per heavy atom. The molecule has 0 unspecified atom stereocenters. The standard InChI is InChI=1S/C22H23BrClN3/c23-16-3-1-2-15(12-16)14-26-18-5-7-19(8-6-18)27-21-10-11-25-22-13-17(24)4-9-20(21)22/h1-4,9-13,18-19,26H,5-8,14H2,(H,25,27). The SMILES string of the molecule is Clc1ccc2c(NC3CCC(NCc4cccc(Br)c4)CC3)ccnc2c1. The summed E-state index contributed by atoms with van der Waals surface area (Å²) < 4.78 is 1.14. The molecule has 2 N–H and O–H groups in total. The molecule has 27 heavy (non-hydrogen) atoms. The van der Waals surface area contributed by atoms with Crippen LogP contribution in [0.2, 0.25) is 5.02 Å². The summed E-state index contributed by atoms with van der Waals surface area (Å²) in [4.78, 5) is 4.43. The molecular weight excluding hydrogens is 422 g/mol. The average Bonchev–Trinajstić information content (AvgIpc) is 2.67. The number of benzene rings is 2. The van der Waals surface area contributed by atoms with E-state index in [4.69, 9.17) is 11.6 Å². The van der Waals surface area contributed by atoms with E-state index in [-0.39, 0.29) is 0 Å². The van der Waals surface area contributed by atoms with Crippen LogP contribution in [0.5, 0.6) is 0 Å². The summed E-state index contributed by atoms with van der Waals surface area (Å²) in [5, 5.41) is 9.30. The second kappa shape index (κ2) is 8.59. The van der Waals surface area contributed by atoms with Crippen molar-refractivity contribution in [2.75, 3.05) is 5.32 Å². The van der Waals surface area contributed by atoms with Gasteiger partial charge in [-0.2, -0.15) is 0 Å². The number of anilines is 1. The molecule has 0 radical (unpaired) electrons. The van der Waals surface area contributed by atoms with Crippen LogP contribution in [0.3, 0.4) is 0 Å². The molecule has 3 nitrogen and oxygen atoms in total. The highest BCUT2D eigenvalue weighted by atomic mass is 79.9. The van der Waals surface area contributed by atoms with Gasteiger partial charge in [0, 0.05) is 45.4 Å². The van der Waals surface area contributed by atoms with Gasteiger partial charge in [-0.15, -0.1) is 0 Å². The van der Waals surface area contributed by atoms with E-state index in [2.05, 4.69) is 67.9 Å². The minimum Gasteiger partial charge on any atom is -0.382 e. The molecule has 0 aliphatic heterocycles. The Bertz CT molecular complexity index is 922. The van der Waals surface area contributed by atoms with E-state index >= 15 is 0 Å². The summed E-state index contributed by atoms with van der Waals surface area (Å²) in [6.07, 6.45) is 6.59. The fourth-order valence-corrected chi connectivity index (χ4v) is 4.43. The Morgan fingerprint density at radius 1 is 1.00 bits per heavy atom. The summed E-state index contributed by atoms with van der Waals surface area (Å²) >= 11 is 9.63. The first-order valence-electron chi connectivity index (χ1n) is 9.46. The molecule has 2 aromatic carbocycles. The Morgan fingerprint density at radius 3 is 2.63 bits per heavy atom. The van der Waals surface area contributed by atoms with Crippen molar-refractivity contribution in [3.63, 3.8) is 0 Å². The smallest absolute Gasteiger partial charge is 0.0737 e. The van der Waals surface area contributed by atoms with Gasteiger partial charge < -0.3 is 10.6 Å². The number of hydrogen-bond acceptors (Lipinski definition) is 3. The maximum Gasteiger partial charge on any atom is 0.0737 e. The van der Waals surface area contributed by atoms with E-state index in [1.165, 1.54) is 31.2 Å². The van der Waals surface area contributed by atoms with Crippen LogP contribution >= 0.6 is 27.5 Å². The van der Waals surface area contributed by atoms with Crippen LogP contribution in [0, 0.1) is 0 Å². The van der Waals surface area contributed by atoms with Crippen molar-refractivity contribution in [1.82, 2.24) is 10.3 Å². The van der Waals surface area contributed by atoms with E-state index in [0.717, 1.165) is 32.6 Å². The van der Waals surface area contributed by atoms with E-state index < -0.39 is 0 Å². The van der Waals surface area contributed by atoms with Crippen molar-refractivity contribution in [3.8, 4) is 0 Å². The summed E-state index contributed by atoms with van der Waals surface area (Å²) in [7, 11) is 0. The zero-order chi connectivity index (χ0) is 18.6. The minimum atomic E-state index is 0.509. The third kappa shape index (κ3) is 4.81. The number of hydrogen-bond donors (Lipinski definition) is 2. The maximum absolute atomic E-state index is 6.09. The highest BCUT2D eigenvalue weighted by Crippen LogP contribution is 2.28. The average molecular weight is 445 g/mol. The Balaban J connectivity index is 1.32. The lowest BCUT2D eigenvalue weighted by atomic mass is 9.90. The Labute approximate surface area is 173 Å². The van der Waals surface area contributed by atoms with Gasteiger partial charge in [0.05, 0.1) is 5.52 Å². The molecule has 4 rings (SSSR count). The van der Waals surface area contributed by atoms with Crippen LogP contribution in [-0.4, -0.2) is 17.1 Å². The number of fused-ring (bicyclic) bond motifs is 1. The predicted octanol–water partition coefficient (Wildman–Crippen LogP) is 6.16. The van der Waals surface area contributed by atoms with E-state index in [1.807, 2.05) is 18.3 Å². The van der Waals surface area contributed by atoms with Crippen molar-refractivity contribution in [1.29, 1.82) is 0 Å². The molecule has 1 fully saturated rings. The van der Waals surface area contributed by atoms with E-state index in [9.17, 15) is 0 Å². The van der Waals surface area contributed by atoms with Crippen LogP contribution in [-0.2, 0) is 6.54 Å². The predicted molar refractivity (Wildman–Crippen MR) is 117 cm³/mol. The lowest BCUT2D eigenvalue weighted by Crippen LogP contribution is -2.36. The molecule has 1 aliphatic rings. The van der Waals surface area contributed by atoms with Crippen molar-refractivity contribution in [2.45, 2.75) is 44.3 Å². The van der Waals surface area contributed by atoms with Crippen molar-refractivity contribution in [2.24, 2.45) is 0 Å². The van der Waals surface area contributed by atoms with Gasteiger partial charge in [-0.1, -0.05) is 39.7 Å². The quantitative estimate of drug-likeness (QED) is 0.494. The minimum absolute atomic E-state index is 0.509. The number of aromatic nitrogens is 1. The first kappa shape index (κ1) is 18.7. The number of pyridine rings is 1. The molecule has 1 saturated carbocycles. The van der Waals surface area contributed by atoms with Crippen LogP contribution in [0.4, 0.5) is 5.69 Å². The number of nitrogens with zero attached hydrogens (tertiary/aromatic N) is 1. The molecule has 5 heteroatoms. The molecular formula is C22H23BrClN3. The highest BCUT2D eigenvalue weighted by Gasteiger charge is 2.21. The molecule has 0 saturated heterocycles. The van der Waals surface area contributed by atoms with Crippen LogP contribution in [0.1, 0.15) is 31.2 Å². The monoisotopic (exact) mass is 443 g/mol. The fraction of sp³-hybridized carbons (Fsp3) is 0.318. The lowest BCUT2D eigenvalue weighted by molar-refractivity contribution is 0.353. The second-order valence-corrected chi connectivity index (χ2v) is 8.58. The Hall–Kier alpha value is -1.62. The molecule has 1 aromatic heterocycles. The lowest BCUT2D eigenvalue weighted by Gasteiger charge is -2.30. The van der Waals surface area contributed by atoms with Gasteiger partial charge in [0.1, 0.15) is 0 Å². The van der Waals surface area contributed by atoms with Gasteiger partial charge >= 0.3 is 0 Å². The zero-order valence-electron chi connectivity index (χ0n) is 15.1. The summed E-state index contributed by atoms with van der Waals surface area (Å²) in [5.74, 6) is 0. The number of halogens is 2. The first-order chi connectivity index (χ1) is 13.2. The van der Waals surface area contributed by atoms with Crippen LogP contribution in [0.25, 0.3) is 10.9 Å². The molecule has 0 bridgehead atoms. The topological polar surface area (TPSA) is 37.0 Å². The van der Waals surface area contributed by atoms with Crippen molar-refractivity contribution in [3.05, 3.63) is 69.8 Å². The molecule has 0 spiro atoms. The molecule has 1 aliphatic carbocycles. The summed E-state index contributed by atoms with van der Waals surface area (Å²) in [6, 6.07) is 17.6. The van der Waals surface area contributed by atoms with Gasteiger partial charge in [0.15, 0.2) is 0 Å². The van der Waals surface area contributed by atoms with Gasteiger partial charge in [0.2, 0.25) is 0 Å². The molecule has 0 amide bonds. The normalized spacial score (nSPS) is 19.9. The Kier molecular flexibility index (Phi) is 5.96. The van der Waals surface area contributed by atoms with Gasteiger partial charge in [-0.25, -0.2) is 0 Å². The van der Waals surface area contributed by atoms with Crippen LogP contribution < -0.4 is 10.6 Å². The van der Waals surface area contributed by atoms with Gasteiger partial charge in [0.25, 0.3) is 0 Å². The summed E-state index contributed by atoms with van der Waals surface area (Å²) in [6.45, 7) is 0.929. The maximum atomic E-state index is 6.09. The first-order valence-corrected chi connectivity index (χ1v) is 10.6. The van der Waals surface area contributed by atoms with Gasteiger partial charge in [-0.05, 0) is 67.6 Å². The third-order valence-electron chi connectivity index (χ3n) is 5.28. The van der Waals surface area contributed by atoms with Crippen molar-refractivity contribution < 1.29 is 0 Å². The number of nitrogens with one attached hydrogen (secondary N) is 2. The third-order valence-corrected chi connectivity index (χ3v) is 6.00. The van der Waals surface area contributed by atoms with Crippen molar-refractivity contribution >= 4 is 44.1 Å². The fourth-order valence-electron chi connectivity index (χ4n) is 3.82. The van der Waals surface area contributed by atoms with E-state index in [0.29, 0.717) is 12.1 Å². The molecule has 3 aromatic rings. The molecule has 140 valence electrons. The molecule has 1 heterocycles. The largest absolute Gasteiger partial charge is 0.382 e. The highest BCUT2D eigenvalue weighted by molar-refractivity contribution is 9.10. The zero-order valence-corrected chi connectivity index (χ0v) is 17.4. The second-order valence-electron chi connectivity index (χ2n) is 7.22. The number of rotatable bonds is 5. The van der Waals surface area contributed by atoms with Crippen LogP contribution in [0.15, 0.2) is 59.2 Å².